The Morgan fingerprint density at radius 3 is 2.80 bits per heavy atom. The molecule has 0 spiro atoms. The van der Waals surface area contributed by atoms with Gasteiger partial charge in [0.2, 0.25) is 6.10 Å². The zero-order valence-corrected chi connectivity index (χ0v) is 11.0. The highest BCUT2D eigenvalue weighted by Crippen LogP contribution is 2.31. The smallest absolute Gasteiger partial charge is 0.351 e. The first-order chi connectivity index (χ1) is 9.74. The zero-order chi connectivity index (χ0) is 13.9. The standard InChI is InChI=1S/C15H16O5/c16-10-5-1-2-6-11(10)20-15(17)14-9-18-12-7-3-4-8-13(12)19-14/h3-4,7-8,11,14H,1-2,5-6,9H2/t11-,14+/m1/s1. The highest BCUT2D eigenvalue weighted by molar-refractivity contribution is 5.87. The molecule has 1 fully saturated rings. The summed E-state index contributed by atoms with van der Waals surface area (Å²) in [6.07, 6.45) is 1.46. The molecule has 1 heterocycles. The number of fused-ring (bicyclic) bond motifs is 1. The number of ether oxygens (including phenoxy) is 3. The van der Waals surface area contributed by atoms with Gasteiger partial charge in [0.1, 0.15) is 6.61 Å². The maximum absolute atomic E-state index is 12.0. The largest absolute Gasteiger partial charge is 0.485 e. The number of para-hydroxylation sites is 2. The normalized spacial score (nSPS) is 25.1. The van der Waals surface area contributed by atoms with Crippen molar-refractivity contribution in [2.45, 2.75) is 37.9 Å². The second-order valence-electron chi connectivity index (χ2n) is 5.00. The van der Waals surface area contributed by atoms with Crippen LogP contribution < -0.4 is 9.47 Å². The number of hydrogen-bond donors (Lipinski definition) is 0. The molecular weight excluding hydrogens is 260 g/mol. The Bertz CT molecular complexity index is 525. The Balaban J connectivity index is 1.63. The molecule has 0 N–H and O–H groups in total. The predicted molar refractivity (Wildman–Crippen MR) is 69.7 cm³/mol. The lowest BCUT2D eigenvalue weighted by molar-refractivity contribution is -0.165. The van der Waals surface area contributed by atoms with Gasteiger partial charge in [0, 0.05) is 6.42 Å². The number of esters is 1. The molecular formula is C15H16O5. The minimum absolute atomic E-state index is 0.00160. The van der Waals surface area contributed by atoms with E-state index in [1.165, 1.54) is 0 Å². The van der Waals surface area contributed by atoms with E-state index in [0.29, 0.717) is 24.3 Å². The molecule has 0 radical (unpaired) electrons. The van der Waals surface area contributed by atoms with Gasteiger partial charge in [-0.3, -0.25) is 4.79 Å². The molecule has 2 aliphatic rings. The van der Waals surface area contributed by atoms with Gasteiger partial charge in [-0.2, -0.15) is 0 Å². The molecule has 106 valence electrons. The number of Topliss-reactive ketones (excluding diaryl/α,β-unsaturated/α-hetero) is 1. The molecule has 0 aromatic heterocycles. The average molecular weight is 276 g/mol. The molecule has 0 saturated heterocycles. The topological polar surface area (TPSA) is 61.8 Å². The summed E-state index contributed by atoms with van der Waals surface area (Å²) >= 11 is 0. The van der Waals surface area contributed by atoms with Crippen molar-refractivity contribution < 1.29 is 23.8 Å². The van der Waals surface area contributed by atoms with Crippen LogP contribution in [-0.4, -0.2) is 30.6 Å². The van der Waals surface area contributed by atoms with Crippen LogP contribution in [0, 0.1) is 0 Å². The van der Waals surface area contributed by atoms with Crippen LogP contribution in [0.25, 0.3) is 0 Å². The quantitative estimate of drug-likeness (QED) is 0.772. The van der Waals surface area contributed by atoms with E-state index in [-0.39, 0.29) is 12.4 Å². The summed E-state index contributed by atoms with van der Waals surface area (Å²) in [6.45, 7) is 0.108. The van der Waals surface area contributed by atoms with Gasteiger partial charge in [0.05, 0.1) is 0 Å². The van der Waals surface area contributed by atoms with Crippen LogP contribution in [-0.2, 0) is 14.3 Å². The second-order valence-corrected chi connectivity index (χ2v) is 5.00. The van der Waals surface area contributed by atoms with E-state index in [4.69, 9.17) is 14.2 Å². The van der Waals surface area contributed by atoms with Crippen molar-refractivity contribution in [2.75, 3.05) is 6.61 Å². The molecule has 5 nitrogen and oxygen atoms in total. The summed E-state index contributed by atoms with van der Waals surface area (Å²) in [5, 5.41) is 0. The Hall–Kier alpha value is -2.04. The average Bonchev–Trinajstić information content (AvgIpc) is 2.49. The van der Waals surface area contributed by atoms with Gasteiger partial charge < -0.3 is 14.2 Å². The van der Waals surface area contributed by atoms with E-state index in [1.54, 1.807) is 18.2 Å². The molecule has 3 rings (SSSR count). The minimum Gasteiger partial charge on any atom is -0.485 e. The molecule has 1 saturated carbocycles. The van der Waals surface area contributed by atoms with Crippen LogP contribution in [0.5, 0.6) is 11.5 Å². The van der Waals surface area contributed by atoms with Crippen molar-refractivity contribution in [1.29, 1.82) is 0 Å². The zero-order valence-electron chi connectivity index (χ0n) is 11.0. The number of benzene rings is 1. The second kappa shape index (κ2) is 5.53. The van der Waals surface area contributed by atoms with Crippen molar-refractivity contribution in [1.82, 2.24) is 0 Å². The van der Waals surface area contributed by atoms with Gasteiger partial charge in [-0.15, -0.1) is 0 Å². The predicted octanol–water partition coefficient (Wildman–Crippen LogP) is 1.88. The van der Waals surface area contributed by atoms with E-state index in [1.807, 2.05) is 6.07 Å². The molecule has 1 aromatic rings. The Labute approximate surface area is 116 Å². The van der Waals surface area contributed by atoms with E-state index < -0.39 is 18.2 Å². The summed E-state index contributed by atoms with van der Waals surface area (Å²) in [4.78, 5) is 23.7. The van der Waals surface area contributed by atoms with Crippen molar-refractivity contribution in [2.24, 2.45) is 0 Å². The summed E-state index contributed by atoms with van der Waals surface area (Å²) in [5.41, 5.74) is 0. The van der Waals surface area contributed by atoms with Crippen LogP contribution in [0.4, 0.5) is 0 Å². The molecule has 0 amide bonds. The first-order valence-corrected chi connectivity index (χ1v) is 6.86. The maximum Gasteiger partial charge on any atom is 0.351 e. The van der Waals surface area contributed by atoms with Gasteiger partial charge in [-0.1, -0.05) is 12.1 Å². The molecule has 1 aliphatic carbocycles. The number of carbonyl (C=O) groups is 2. The Morgan fingerprint density at radius 1 is 1.20 bits per heavy atom. The molecule has 20 heavy (non-hydrogen) atoms. The van der Waals surface area contributed by atoms with Gasteiger partial charge in [0.25, 0.3) is 0 Å². The highest BCUT2D eigenvalue weighted by atomic mass is 16.6. The van der Waals surface area contributed by atoms with Crippen LogP contribution in [0.2, 0.25) is 0 Å². The minimum atomic E-state index is -0.806. The number of rotatable bonds is 2. The van der Waals surface area contributed by atoms with Crippen LogP contribution >= 0.6 is 0 Å². The molecule has 0 bridgehead atoms. The number of hydrogen-bond acceptors (Lipinski definition) is 5. The summed E-state index contributed by atoms with van der Waals surface area (Å²) in [6, 6.07) is 7.16. The van der Waals surface area contributed by atoms with Gasteiger partial charge in [-0.25, -0.2) is 4.79 Å². The lowest BCUT2D eigenvalue weighted by atomic mass is 9.96. The maximum atomic E-state index is 12.0. The third-order valence-electron chi connectivity index (χ3n) is 3.53. The highest BCUT2D eigenvalue weighted by Gasteiger charge is 2.33. The fourth-order valence-electron chi connectivity index (χ4n) is 2.43. The van der Waals surface area contributed by atoms with Gasteiger partial charge in [-0.05, 0) is 31.4 Å². The Kier molecular flexibility index (Phi) is 3.58. The molecule has 2 atom stereocenters. The van der Waals surface area contributed by atoms with Crippen molar-refractivity contribution in [3.8, 4) is 11.5 Å². The van der Waals surface area contributed by atoms with Crippen molar-refractivity contribution in [3.63, 3.8) is 0 Å². The molecule has 0 unspecified atom stereocenters. The van der Waals surface area contributed by atoms with E-state index in [0.717, 1.165) is 12.8 Å². The summed E-state index contributed by atoms with van der Waals surface area (Å²) in [5.74, 6) is 0.613. The van der Waals surface area contributed by atoms with Crippen LogP contribution in [0.15, 0.2) is 24.3 Å². The third kappa shape index (κ3) is 2.61. The number of carbonyl (C=O) groups excluding carboxylic acids is 2. The summed E-state index contributed by atoms with van der Waals surface area (Å²) < 4.78 is 16.3. The molecule has 1 aromatic carbocycles. The molecule has 1 aliphatic heterocycles. The fourth-order valence-corrected chi connectivity index (χ4v) is 2.43. The van der Waals surface area contributed by atoms with Crippen molar-refractivity contribution >= 4 is 11.8 Å². The van der Waals surface area contributed by atoms with Crippen molar-refractivity contribution in [3.05, 3.63) is 24.3 Å². The third-order valence-corrected chi connectivity index (χ3v) is 3.53. The summed E-state index contributed by atoms with van der Waals surface area (Å²) in [7, 11) is 0. The SMILES string of the molecule is O=C(O[C@@H]1CCCCC1=O)[C@@H]1COc2ccccc2O1. The van der Waals surface area contributed by atoms with Gasteiger partial charge in [0.15, 0.2) is 23.4 Å². The first-order valence-electron chi connectivity index (χ1n) is 6.86. The van der Waals surface area contributed by atoms with Crippen LogP contribution in [0.1, 0.15) is 25.7 Å². The number of ketones is 1. The fraction of sp³-hybridized carbons (Fsp3) is 0.467. The first kappa shape index (κ1) is 13.0. The van der Waals surface area contributed by atoms with Crippen LogP contribution in [0.3, 0.4) is 0 Å². The van der Waals surface area contributed by atoms with E-state index in [2.05, 4.69) is 0 Å². The van der Waals surface area contributed by atoms with Gasteiger partial charge >= 0.3 is 5.97 Å². The van der Waals surface area contributed by atoms with E-state index >= 15 is 0 Å². The lowest BCUT2D eigenvalue weighted by Gasteiger charge is -2.27. The molecule has 5 heteroatoms. The van der Waals surface area contributed by atoms with E-state index in [9.17, 15) is 9.59 Å². The lowest BCUT2D eigenvalue weighted by Crippen LogP contribution is -2.41. The Morgan fingerprint density at radius 2 is 2.00 bits per heavy atom. The monoisotopic (exact) mass is 276 g/mol.